The summed E-state index contributed by atoms with van der Waals surface area (Å²) in [5, 5.41) is 14.5. The predicted molar refractivity (Wildman–Crippen MR) is 70.1 cm³/mol. The minimum absolute atomic E-state index is 0.0286. The molecule has 0 aliphatic rings. The van der Waals surface area contributed by atoms with Crippen LogP contribution in [0.3, 0.4) is 0 Å². The molecule has 0 spiro atoms. The van der Waals surface area contributed by atoms with Crippen LogP contribution in [0.4, 0.5) is 0 Å². The summed E-state index contributed by atoms with van der Waals surface area (Å²) in [5.74, 6) is 0.599. The van der Waals surface area contributed by atoms with Crippen LogP contribution in [0, 0.1) is 6.92 Å². The Labute approximate surface area is 109 Å². The van der Waals surface area contributed by atoms with Crippen molar-refractivity contribution in [2.75, 3.05) is 0 Å². The van der Waals surface area contributed by atoms with Crippen LogP contribution in [0.5, 0.6) is 5.75 Å². The van der Waals surface area contributed by atoms with Gasteiger partial charge in [0.15, 0.2) is 5.84 Å². The van der Waals surface area contributed by atoms with E-state index in [0.717, 1.165) is 10.7 Å². The van der Waals surface area contributed by atoms with Crippen LogP contribution < -0.4 is 10.5 Å². The molecule has 94 valence electrons. The smallest absolute Gasteiger partial charge is 0.173 e. The molecule has 6 heteroatoms. The number of aryl methyl sites for hydroxylation is 1. The van der Waals surface area contributed by atoms with E-state index in [1.165, 1.54) is 0 Å². The van der Waals surface area contributed by atoms with Gasteiger partial charge in [0.05, 0.1) is 5.56 Å². The third kappa shape index (κ3) is 2.78. The first-order valence-electron chi connectivity index (χ1n) is 5.31. The Morgan fingerprint density at radius 1 is 1.50 bits per heavy atom. The van der Waals surface area contributed by atoms with E-state index in [1.807, 2.05) is 18.4 Å². The van der Waals surface area contributed by atoms with Crippen LogP contribution in [-0.2, 0) is 6.61 Å². The maximum absolute atomic E-state index is 8.70. The van der Waals surface area contributed by atoms with Gasteiger partial charge in [0.2, 0.25) is 0 Å². The molecule has 0 atom stereocenters. The average molecular weight is 263 g/mol. The normalized spacial score (nSPS) is 11.5. The molecule has 1 aromatic heterocycles. The van der Waals surface area contributed by atoms with Crippen molar-refractivity contribution < 1.29 is 9.94 Å². The summed E-state index contributed by atoms with van der Waals surface area (Å²) in [5.41, 5.74) is 7.11. The number of benzene rings is 1. The minimum Gasteiger partial charge on any atom is -0.486 e. The number of thiazole rings is 1. The lowest BCUT2D eigenvalue weighted by Crippen LogP contribution is -2.14. The molecular formula is C12H13N3O2S. The van der Waals surface area contributed by atoms with E-state index < -0.39 is 0 Å². The molecule has 0 unspecified atom stereocenters. The van der Waals surface area contributed by atoms with E-state index in [9.17, 15) is 0 Å². The van der Waals surface area contributed by atoms with Crippen molar-refractivity contribution in [3.8, 4) is 5.75 Å². The number of aromatic nitrogens is 1. The quantitative estimate of drug-likeness (QED) is 0.383. The third-order valence-corrected chi connectivity index (χ3v) is 3.23. The van der Waals surface area contributed by atoms with Crippen LogP contribution in [0.1, 0.15) is 16.3 Å². The minimum atomic E-state index is 0.0286. The molecular weight excluding hydrogens is 250 g/mol. The molecule has 18 heavy (non-hydrogen) atoms. The molecule has 0 bridgehead atoms. The Morgan fingerprint density at radius 3 is 2.94 bits per heavy atom. The SMILES string of the molecule is Cc1csc(COc2ccccc2C(N)=NO)n1. The van der Waals surface area contributed by atoms with Gasteiger partial charge in [-0.2, -0.15) is 0 Å². The summed E-state index contributed by atoms with van der Waals surface area (Å²) in [6, 6.07) is 7.13. The second kappa shape index (κ2) is 5.50. The topological polar surface area (TPSA) is 80.7 Å². The summed E-state index contributed by atoms with van der Waals surface area (Å²) in [7, 11) is 0. The van der Waals surface area contributed by atoms with Crippen molar-refractivity contribution in [2.45, 2.75) is 13.5 Å². The number of nitrogens with two attached hydrogens (primary N) is 1. The maximum atomic E-state index is 8.70. The van der Waals surface area contributed by atoms with Gasteiger partial charge in [-0.15, -0.1) is 11.3 Å². The molecule has 0 fully saturated rings. The van der Waals surface area contributed by atoms with Crippen molar-refractivity contribution in [3.63, 3.8) is 0 Å². The van der Waals surface area contributed by atoms with Crippen LogP contribution in [0.15, 0.2) is 34.8 Å². The van der Waals surface area contributed by atoms with E-state index in [1.54, 1.807) is 29.5 Å². The monoisotopic (exact) mass is 263 g/mol. The molecule has 5 nitrogen and oxygen atoms in total. The molecule has 0 saturated carbocycles. The summed E-state index contributed by atoms with van der Waals surface area (Å²) in [6.45, 7) is 2.30. The van der Waals surface area contributed by atoms with Crippen LogP contribution in [0.2, 0.25) is 0 Å². The first-order valence-corrected chi connectivity index (χ1v) is 6.19. The summed E-state index contributed by atoms with van der Waals surface area (Å²) >= 11 is 1.54. The van der Waals surface area contributed by atoms with Gasteiger partial charge in [-0.25, -0.2) is 4.98 Å². The predicted octanol–water partition coefficient (Wildman–Crippen LogP) is 2.13. The van der Waals surface area contributed by atoms with E-state index in [4.69, 9.17) is 15.7 Å². The van der Waals surface area contributed by atoms with Crippen LogP contribution in [0.25, 0.3) is 0 Å². The third-order valence-electron chi connectivity index (χ3n) is 2.29. The van der Waals surface area contributed by atoms with Crippen LogP contribution >= 0.6 is 11.3 Å². The number of ether oxygens (including phenoxy) is 1. The van der Waals surface area contributed by atoms with Gasteiger partial charge in [0, 0.05) is 11.1 Å². The van der Waals surface area contributed by atoms with Crippen molar-refractivity contribution in [2.24, 2.45) is 10.9 Å². The summed E-state index contributed by atoms with van der Waals surface area (Å²) in [4.78, 5) is 4.30. The van der Waals surface area contributed by atoms with E-state index in [2.05, 4.69) is 10.1 Å². The fourth-order valence-electron chi connectivity index (χ4n) is 1.47. The highest BCUT2D eigenvalue weighted by atomic mass is 32.1. The molecule has 0 saturated heterocycles. The number of hydrogen-bond donors (Lipinski definition) is 2. The fourth-order valence-corrected chi connectivity index (χ4v) is 2.15. The number of para-hydroxylation sites is 1. The van der Waals surface area contributed by atoms with Gasteiger partial charge in [-0.3, -0.25) is 0 Å². The Hall–Kier alpha value is -2.08. The van der Waals surface area contributed by atoms with Crippen LogP contribution in [-0.4, -0.2) is 16.0 Å². The molecule has 2 rings (SSSR count). The lowest BCUT2D eigenvalue weighted by Gasteiger charge is -2.08. The van der Waals surface area contributed by atoms with Gasteiger partial charge in [-0.1, -0.05) is 17.3 Å². The Balaban J connectivity index is 2.14. The molecule has 0 amide bonds. The number of amidine groups is 1. The van der Waals surface area contributed by atoms with E-state index in [-0.39, 0.29) is 5.84 Å². The second-order valence-corrected chi connectivity index (χ2v) is 4.60. The molecule has 0 radical (unpaired) electrons. The first kappa shape index (κ1) is 12.4. The summed E-state index contributed by atoms with van der Waals surface area (Å²) in [6.07, 6.45) is 0. The molecule has 1 heterocycles. The molecule has 2 aromatic rings. The van der Waals surface area contributed by atoms with Crippen molar-refractivity contribution in [1.82, 2.24) is 4.98 Å². The van der Waals surface area contributed by atoms with Crippen molar-refractivity contribution in [3.05, 3.63) is 45.9 Å². The standard InChI is InChI=1S/C12H13N3O2S/c1-8-7-18-11(14-8)6-17-10-5-3-2-4-9(10)12(13)15-16/h2-5,7,16H,6H2,1H3,(H2,13,15). The number of hydrogen-bond acceptors (Lipinski definition) is 5. The molecule has 0 aliphatic heterocycles. The first-order chi connectivity index (χ1) is 8.70. The second-order valence-electron chi connectivity index (χ2n) is 3.65. The van der Waals surface area contributed by atoms with Gasteiger partial charge in [0.1, 0.15) is 17.4 Å². The largest absolute Gasteiger partial charge is 0.486 e. The van der Waals surface area contributed by atoms with Crippen molar-refractivity contribution >= 4 is 17.2 Å². The van der Waals surface area contributed by atoms with Gasteiger partial charge in [-0.05, 0) is 19.1 Å². The number of oxime groups is 1. The Morgan fingerprint density at radius 2 is 2.28 bits per heavy atom. The number of nitrogens with zero attached hydrogens (tertiary/aromatic N) is 2. The molecule has 3 N–H and O–H groups in total. The highest BCUT2D eigenvalue weighted by Gasteiger charge is 2.08. The Kier molecular flexibility index (Phi) is 3.78. The number of rotatable bonds is 4. The maximum Gasteiger partial charge on any atom is 0.173 e. The highest BCUT2D eigenvalue weighted by Crippen LogP contribution is 2.20. The molecule has 0 aliphatic carbocycles. The average Bonchev–Trinajstić information content (AvgIpc) is 2.81. The van der Waals surface area contributed by atoms with Gasteiger partial charge in [0.25, 0.3) is 0 Å². The van der Waals surface area contributed by atoms with Gasteiger partial charge >= 0.3 is 0 Å². The zero-order chi connectivity index (χ0) is 13.0. The van der Waals surface area contributed by atoms with E-state index >= 15 is 0 Å². The lowest BCUT2D eigenvalue weighted by atomic mass is 10.2. The summed E-state index contributed by atoms with van der Waals surface area (Å²) < 4.78 is 5.64. The molecule has 1 aromatic carbocycles. The highest BCUT2D eigenvalue weighted by molar-refractivity contribution is 7.09. The zero-order valence-electron chi connectivity index (χ0n) is 9.83. The van der Waals surface area contributed by atoms with E-state index in [0.29, 0.717) is 17.9 Å². The van der Waals surface area contributed by atoms with Gasteiger partial charge < -0.3 is 15.7 Å². The van der Waals surface area contributed by atoms with Crippen molar-refractivity contribution in [1.29, 1.82) is 0 Å². The fraction of sp³-hybridized carbons (Fsp3) is 0.167. The zero-order valence-corrected chi connectivity index (χ0v) is 10.6. The lowest BCUT2D eigenvalue weighted by molar-refractivity contribution is 0.302. The Bertz CT molecular complexity index is 566.